The predicted octanol–water partition coefficient (Wildman–Crippen LogP) is 1.33. The highest BCUT2D eigenvalue weighted by atomic mass is 32.2. The van der Waals surface area contributed by atoms with Gasteiger partial charge in [0.15, 0.2) is 0 Å². The van der Waals surface area contributed by atoms with Crippen molar-refractivity contribution in [3.8, 4) is 0 Å². The second-order valence-corrected chi connectivity index (χ2v) is 6.36. The smallest absolute Gasteiger partial charge is 0.261 e. The Labute approximate surface area is 115 Å². The fourth-order valence-electron chi connectivity index (χ4n) is 1.47. The molecule has 7 heteroatoms. The molecule has 2 rings (SSSR count). The van der Waals surface area contributed by atoms with Crippen molar-refractivity contribution in [1.82, 2.24) is 5.32 Å². The average Bonchev–Trinajstić information content (AvgIpc) is 2.89. The summed E-state index contributed by atoms with van der Waals surface area (Å²) in [6.45, 7) is 0.335. The highest BCUT2D eigenvalue weighted by Gasteiger charge is 2.08. The third-order valence-electron chi connectivity index (χ3n) is 2.45. The van der Waals surface area contributed by atoms with Gasteiger partial charge in [-0.3, -0.25) is 4.79 Å². The van der Waals surface area contributed by atoms with Crippen molar-refractivity contribution in [3.05, 3.63) is 52.2 Å². The molecule has 0 bridgehead atoms. The third-order valence-corrected chi connectivity index (χ3v) is 4.25. The summed E-state index contributed by atoms with van der Waals surface area (Å²) in [6, 6.07) is 9.62. The standard InChI is InChI=1S/C12H12N2O3S2/c13-19(16,17)10-5-3-9(4-6-10)8-14-12(15)11-2-1-7-18-11/h1-7H,8H2,(H,14,15)(H2,13,16,17). The Morgan fingerprint density at radius 1 is 1.21 bits per heavy atom. The van der Waals surface area contributed by atoms with Gasteiger partial charge in [-0.15, -0.1) is 11.3 Å². The van der Waals surface area contributed by atoms with Gasteiger partial charge in [0.2, 0.25) is 10.0 Å². The molecule has 3 N–H and O–H groups in total. The van der Waals surface area contributed by atoms with Crippen LogP contribution in [0.5, 0.6) is 0 Å². The minimum atomic E-state index is -3.67. The summed E-state index contributed by atoms with van der Waals surface area (Å²) in [6.07, 6.45) is 0. The first kappa shape index (κ1) is 13.7. The van der Waals surface area contributed by atoms with Crippen molar-refractivity contribution >= 4 is 27.3 Å². The van der Waals surface area contributed by atoms with Gasteiger partial charge in [-0.05, 0) is 29.1 Å². The van der Waals surface area contributed by atoms with Crippen molar-refractivity contribution in [2.45, 2.75) is 11.4 Å². The second kappa shape index (κ2) is 5.52. The first-order chi connectivity index (χ1) is 8.97. The Morgan fingerprint density at radius 3 is 2.42 bits per heavy atom. The molecule has 1 amide bonds. The van der Waals surface area contributed by atoms with E-state index >= 15 is 0 Å². The SMILES string of the molecule is NS(=O)(=O)c1ccc(CNC(=O)c2cccs2)cc1. The number of nitrogens with one attached hydrogen (secondary N) is 1. The van der Waals surface area contributed by atoms with Gasteiger partial charge in [-0.25, -0.2) is 13.6 Å². The van der Waals surface area contributed by atoms with E-state index in [0.717, 1.165) is 5.56 Å². The fraction of sp³-hybridized carbons (Fsp3) is 0.0833. The number of nitrogens with two attached hydrogens (primary N) is 1. The summed E-state index contributed by atoms with van der Waals surface area (Å²) >= 11 is 1.36. The number of carbonyl (C=O) groups is 1. The molecule has 5 nitrogen and oxygen atoms in total. The van der Waals surface area contributed by atoms with Gasteiger partial charge < -0.3 is 5.32 Å². The molecule has 0 atom stereocenters. The summed E-state index contributed by atoms with van der Waals surface area (Å²) in [7, 11) is -3.67. The summed E-state index contributed by atoms with van der Waals surface area (Å²) in [5, 5.41) is 9.58. The maximum atomic E-state index is 11.7. The topological polar surface area (TPSA) is 89.3 Å². The van der Waals surface area contributed by atoms with Crippen molar-refractivity contribution < 1.29 is 13.2 Å². The Kier molecular flexibility index (Phi) is 3.98. The Balaban J connectivity index is 1.99. The molecule has 0 saturated heterocycles. The van der Waals surface area contributed by atoms with Crippen LogP contribution in [0.25, 0.3) is 0 Å². The van der Waals surface area contributed by atoms with E-state index in [2.05, 4.69) is 5.32 Å². The first-order valence-electron chi connectivity index (χ1n) is 5.40. The van der Waals surface area contributed by atoms with Crippen LogP contribution in [-0.4, -0.2) is 14.3 Å². The molecule has 0 unspecified atom stereocenters. The molecule has 2 aromatic rings. The van der Waals surface area contributed by atoms with E-state index in [9.17, 15) is 13.2 Å². The van der Waals surface area contributed by atoms with Crippen LogP contribution in [0.15, 0.2) is 46.7 Å². The fourth-order valence-corrected chi connectivity index (χ4v) is 2.63. The minimum absolute atomic E-state index is 0.0563. The monoisotopic (exact) mass is 296 g/mol. The lowest BCUT2D eigenvalue weighted by Gasteiger charge is -2.04. The van der Waals surface area contributed by atoms with Gasteiger partial charge in [0, 0.05) is 6.54 Å². The molecule has 100 valence electrons. The van der Waals surface area contributed by atoms with Crippen LogP contribution in [0.2, 0.25) is 0 Å². The van der Waals surface area contributed by atoms with E-state index in [1.807, 2.05) is 5.38 Å². The summed E-state index contributed by atoms with van der Waals surface area (Å²) in [5.41, 5.74) is 0.803. The average molecular weight is 296 g/mol. The normalized spacial score (nSPS) is 11.2. The van der Waals surface area contributed by atoms with Gasteiger partial charge in [0.05, 0.1) is 9.77 Å². The molecule has 0 aliphatic rings. The van der Waals surface area contributed by atoms with Gasteiger partial charge in [0.1, 0.15) is 0 Å². The number of hydrogen-bond acceptors (Lipinski definition) is 4. The largest absolute Gasteiger partial charge is 0.347 e. The van der Waals surface area contributed by atoms with E-state index in [4.69, 9.17) is 5.14 Å². The van der Waals surface area contributed by atoms with E-state index in [0.29, 0.717) is 11.4 Å². The number of rotatable bonds is 4. The number of primary sulfonamides is 1. The Bertz CT molecular complexity index is 662. The number of hydrogen-bond donors (Lipinski definition) is 2. The zero-order valence-corrected chi connectivity index (χ0v) is 11.5. The van der Waals surface area contributed by atoms with Gasteiger partial charge in [-0.1, -0.05) is 18.2 Å². The summed E-state index contributed by atoms with van der Waals surface area (Å²) in [4.78, 5) is 12.4. The van der Waals surface area contributed by atoms with Crippen LogP contribution in [0, 0.1) is 0 Å². The number of thiophene rings is 1. The molecule has 1 aromatic heterocycles. The van der Waals surface area contributed by atoms with Gasteiger partial charge >= 0.3 is 0 Å². The van der Waals surface area contributed by atoms with Crippen LogP contribution in [0.4, 0.5) is 0 Å². The molecule has 0 radical (unpaired) electrons. The number of benzene rings is 1. The van der Waals surface area contributed by atoms with E-state index in [1.165, 1.54) is 23.5 Å². The quantitative estimate of drug-likeness (QED) is 0.892. The lowest BCUT2D eigenvalue weighted by atomic mass is 10.2. The molecule has 0 fully saturated rings. The second-order valence-electron chi connectivity index (χ2n) is 3.85. The van der Waals surface area contributed by atoms with Crippen LogP contribution < -0.4 is 10.5 Å². The molecule has 0 saturated carbocycles. The first-order valence-corrected chi connectivity index (χ1v) is 7.83. The summed E-state index contributed by atoms with van der Waals surface area (Å²) in [5.74, 6) is -0.148. The van der Waals surface area contributed by atoms with Crippen LogP contribution >= 0.6 is 11.3 Å². The maximum Gasteiger partial charge on any atom is 0.261 e. The lowest BCUT2D eigenvalue weighted by Crippen LogP contribution is -2.21. The van der Waals surface area contributed by atoms with Crippen molar-refractivity contribution in [2.24, 2.45) is 5.14 Å². The zero-order chi connectivity index (χ0) is 13.9. The van der Waals surface area contributed by atoms with Crippen molar-refractivity contribution in [1.29, 1.82) is 0 Å². The molecule has 0 aliphatic carbocycles. The molecular formula is C12H12N2O3S2. The molecule has 0 aliphatic heterocycles. The highest BCUT2D eigenvalue weighted by Crippen LogP contribution is 2.10. The third kappa shape index (κ3) is 3.63. The zero-order valence-electron chi connectivity index (χ0n) is 9.87. The molecule has 1 heterocycles. The Hall–Kier alpha value is -1.70. The van der Waals surface area contributed by atoms with E-state index in [-0.39, 0.29) is 10.8 Å². The molecular weight excluding hydrogens is 284 g/mol. The van der Waals surface area contributed by atoms with Crippen LogP contribution in [-0.2, 0) is 16.6 Å². The number of sulfonamides is 1. The molecule has 19 heavy (non-hydrogen) atoms. The maximum absolute atomic E-state index is 11.7. The van der Waals surface area contributed by atoms with Crippen LogP contribution in [0.1, 0.15) is 15.2 Å². The van der Waals surface area contributed by atoms with E-state index < -0.39 is 10.0 Å². The highest BCUT2D eigenvalue weighted by molar-refractivity contribution is 7.89. The van der Waals surface area contributed by atoms with E-state index in [1.54, 1.807) is 24.3 Å². The van der Waals surface area contributed by atoms with Crippen molar-refractivity contribution in [3.63, 3.8) is 0 Å². The summed E-state index contributed by atoms with van der Waals surface area (Å²) < 4.78 is 22.2. The van der Waals surface area contributed by atoms with Crippen LogP contribution in [0.3, 0.4) is 0 Å². The van der Waals surface area contributed by atoms with Gasteiger partial charge in [0.25, 0.3) is 5.91 Å². The number of amides is 1. The Morgan fingerprint density at radius 2 is 1.89 bits per heavy atom. The molecule has 0 spiro atoms. The number of carbonyl (C=O) groups excluding carboxylic acids is 1. The lowest BCUT2D eigenvalue weighted by molar-refractivity contribution is 0.0955. The minimum Gasteiger partial charge on any atom is -0.347 e. The van der Waals surface area contributed by atoms with Crippen molar-refractivity contribution in [2.75, 3.05) is 0 Å². The predicted molar refractivity (Wildman–Crippen MR) is 73.3 cm³/mol. The molecule has 1 aromatic carbocycles. The van der Waals surface area contributed by atoms with Gasteiger partial charge in [-0.2, -0.15) is 0 Å².